The number of ether oxygens (including phenoxy) is 1. The van der Waals surface area contributed by atoms with Crippen LogP contribution in [0.5, 0.6) is 5.75 Å². The van der Waals surface area contributed by atoms with Gasteiger partial charge in [0.15, 0.2) is 6.61 Å². The molecule has 0 unspecified atom stereocenters. The van der Waals surface area contributed by atoms with E-state index in [1.165, 1.54) is 0 Å². The van der Waals surface area contributed by atoms with Gasteiger partial charge in [0.1, 0.15) is 10.8 Å². The molecule has 6 heteroatoms. The van der Waals surface area contributed by atoms with Crippen molar-refractivity contribution < 1.29 is 9.53 Å². The van der Waals surface area contributed by atoms with E-state index >= 15 is 0 Å². The van der Waals surface area contributed by atoms with Crippen LogP contribution in [0.4, 0.5) is 5.69 Å². The molecule has 0 bridgehead atoms. The molecule has 1 aromatic heterocycles. The summed E-state index contributed by atoms with van der Waals surface area (Å²) >= 11 is 1.62. The van der Waals surface area contributed by atoms with Crippen LogP contribution >= 0.6 is 11.3 Å². The zero-order valence-electron chi connectivity index (χ0n) is 16.7. The third-order valence-electron chi connectivity index (χ3n) is 4.38. The topological polar surface area (TPSA) is 45.7 Å². The van der Waals surface area contributed by atoms with Gasteiger partial charge in [-0.3, -0.25) is 4.79 Å². The summed E-state index contributed by atoms with van der Waals surface area (Å²) in [6, 6.07) is 15.9. The summed E-state index contributed by atoms with van der Waals surface area (Å²) in [6.07, 6.45) is 0. The number of nitrogens with zero attached hydrogens (tertiary/aromatic N) is 3. The second-order valence-corrected chi connectivity index (χ2v) is 7.78. The number of carbonyl (C=O) groups is 1. The van der Waals surface area contributed by atoms with Gasteiger partial charge in [-0.2, -0.15) is 0 Å². The van der Waals surface area contributed by atoms with Gasteiger partial charge in [-0.25, -0.2) is 4.98 Å². The Kier molecular flexibility index (Phi) is 6.31. The number of aromatic nitrogens is 1. The summed E-state index contributed by atoms with van der Waals surface area (Å²) in [7, 11) is 5.80. The number of hydrogen-bond acceptors (Lipinski definition) is 5. The first-order valence-corrected chi connectivity index (χ1v) is 9.96. The summed E-state index contributed by atoms with van der Waals surface area (Å²) in [5.41, 5.74) is 4.29. The molecule has 5 nitrogen and oxygen atoms in total. The second-order valence-electron chi connectivity index (χ2n) is 6.92. The minimum Gasteiger partial charge on any atom is -0.484 e. The van der Waals surface area contributed by atoms with Crippen LogP contribution in [0.3, 0.4) is 0 Å². The summed E-state index contributed by atoms with van der Waals surface area (Å²) in [6.45, 7) is 2.55. The number of amides is 1. The highest BCUT2D eigenvalue weighted by atomic mass is 32.1. The average molecular weight is 396 g/mol. The smallest absolute Gasteiger partial charge is 0.260 e. The van der Waals surface area contributed by atoms with E-state index in [2.05, 4.69) is 17.1 Å². The molecule has 1 amide bonds. The standard InChI is InChI=1S/C22H25N3O2S/c1-16-15-28-22(23-16)18-7-11-20(12-8-18)27-14-21(26)25(4)13-17-5-9-19(10-6-17)24(2)3/h5-12,15H,13-14H2,1-4H3. The zero-order chi connectivity index (χ0) is 20.1. The number of aryl methyl sites for hydroxylation is 1. The molecule has 146 valence electrons. The van der Waals surface area contributed by atoms with Crippen LogP contribution in [0.2, 0.25) is 0 Å². The number of likely N-dealkylation sites (N-methyl/N-ethyl adjacent to an activating group) is 1. The lowest BCUT2D eigenvalue weighted by Gasteiger charge is -2.18. The molecule has 0 spiro atoms. The van der Waals surface area contributed by atoms with E-state index in [-0.39, 0.29) is 12.5 Å². The number of anilines is 1. The minimum atomic E-state index is -0.0590. The van der Waals surface area contributed by atoms with Crippen molar-refractivity contribution in [2.75, 3.05) is 32.6 Å². The molecule has 0 fully saturated rings. The Morgan fingerprint density at radius 1 is 1.04 bits per heavy atom. The first kappa shape index (κ1) is 19.9. The van der Waals surface area contributed by atoms with Crippen molar-refractivity contribution >= 4 is 22.9 Å². The lowest BCUT2D eigenvalue weighted by atomic mass is 10.2. The molecule has 0 aliphatic rings. The third-order valence-corrected chi connectivity index (χ3v) is 5.39. The molecule has 1 heterocycles. The normalized spacial score (nSPS) is 10.6. The molecular formula is C22H25N3O2S. The van der Waals surface area contributed by atoms with Gasteiger partial charge >= 0.3 is 0 Å². The molecule has 0 saturated heterocycles. The van der Waals surface area contributed by atoms with Gasteiger partial charge < -0.3 is 14.5 Å². The summed E-state index contributed by atoms with van der Waals surface area (Å²) in [4.78, 5) is 20.6. The molecule has 0 saturated carbocycles. The first-order valence-electron chi connectivity index (χ1n) is 9.08. The van der Waals surface area contributed by atoms with Crippen LogP contribution in [0.25, 0.3) is 10.6 Å². The van der Waals surface area contributed by atoms with E-state index in [4.69, 9.17) is 4.74 Å². The fraction of sp³-hybridized carbons (Fsp3) is 0.273. The summed E-state index contributed by atoms with van der Waals surface area (Å²) < 4.78 is 5.66. The molecule has 3 aromatic rings. The maximum absolute atomic E-state index is 12.4. The lowest BCUT2D eigenvalue weighted by molar-refractivity contribution is -0.132. The Bertz CT molecular complexity index is 918. The first-order chi connectivity index (χ1) is 13.4. The molecule has 28 heavy (non-hydrogen) atoms. The fourth-order valence-electron chi connectivity index (χ4n) is 2.70. The second kappa shape index (κ2) is 8.89. The van der Waals surface area contributed by atoms with E-state index in [0.717, 1.165) is 27.5 Å². The van der Waals surface area contributed by atoms with Gasteiger partial charge in [-0.05, 0) is 48.9 Å². The number of hydrogen-bond donors (Lipinski definition) is 0. The molecule has 0 atom stereocenters. The SMILES string of the molecule is Cc1csc(-c2ccc(OCC(=O)N(C)Cc3ccc(N(C)C)cc3)cc2)n1. The lowest BCUT2D eigenvalue weighted by Crippen LogP contribution is -2.30. The van der Waals surface area contributed by atoms with Gasteiger partial charge in [0.05, 0.1) is 0 Å². The van der Waals surface area contributed by atoms with Gasteiger partial charge in [0.25, 0.3) is 5.91 Å². The third kappa shape index (κ3) is 5.10. The van der Waals surface area contributed by atoms with Crippen molar-refractivity contribution in [3.8, 4) is 16.3 Å². The van der Waals surface area contributed by atoms with Gasteiger partial charge in [-0.1, -0.05) is 12.1 Å². The summed E-state index contributed by atoms with van der Waals surface area (Å²) in [5, 5.41) is 3.02. The quantitative estimate of drug-likeness (QED) is 0.601. The van der Waals surface area contributed by atoms with Crippen molar-refractivity contribution in [2.45, 2.75) is 13.5 Å². The Hall–Kier alpha value is -2.86. The van der Waals surface area contributed by atoms with Crippen molar-refractivity contribution in [3.63, 3.8) is 0 Å². The predicted molar refractivity (Wildman–Crippen MR) is 115 cm³/mol. The Morgan fingerprint density at radius 2 is 1.71 bits per heavy atom. The predicted octanol–water partition coefficient (Wildman–Crippen LogP) is 4.22. The Balaban J connectivity index is 1.51. The van der Waals surface area contributed by atoms with Gasteiger partial charge in [0, 0.05) is 50.0 Å². The minimum absolute atomic E-state index is 0.0159. The van der Waals surface area contributed by atoms with Crippen LogP contribution < -0.4 is 9.64 Å². The molecule has 0 radical (unpaired) electrons. The monoisotopic (exact) mass is 395 g/mol. The maximum Gasteiger partial charge on any atom is 0.260 e. The van der Waals surface area contributed by atoms with Crippen LogP contribution in [-0.4, -0.2) is 43.5 Å². The molecular weight excluding hydrogens is 370 g/mol. The van der Waals surface area contributed by atoms with Gasteiger partial charge in [-0.15, -0.1) is 11.3 Å². The maximum atomic E-state index is 12.4. The van der Waals surface area contributed by atoms with Crippen molar-refractivity contribution in [1.82, 2.24) is 9.88 Å². The van der Waals surface area contributed by atoms with Crippen LogP contribution in [0.15, 0.2) is 53.9 Å². The van der Waals surface area contributed by atoms with E-state index in [1.54, 1.807) is 23.3 Å². The zero-order valence-corrected chi connectivity index (χ0v) is 17.5. The van der Waals surface area contributed by atoms with Crippen molar-refractivity contribution in [2.24, 2.45) is 0 Å². The van der Waals surface area contributed by atoms with E-state index in [1.807, 2.05) is 67.7 Å². The Labute approximate surface area is 170 Å². The number of carbonyl (C=O) groups excluding carboxylic acids is 1. The molecule has 2 aromatic carbocycles. The molecule has 0 aliphatic carbocycles. The summed E-state index contributed by atoms with van der Waals surface area (Å²) in [5.74, 6) is 0.616. The van der Waals surface area contributed by atoms with Crippen LogP contribution in [-0.2, 0) is 11.3 Å². The fourth-order valence-corrected chi connectivity index (χ4v) is 3.50. The van der Waals surface area contributed by atoms with E-state index in [9.17, 15) is 4.79 Å². The largest absolute Gasteiger partial charge is 0.484 e. The molecule has 0 aliphatic heterocycles. The highest BCUT2D eigenvalue weighted by molar-refractivity contribution is 7.13. The highest BCUT2D eigenvalue weighted by Crippen LogP contribution is 2.25. The average Bonchev–Trinajstić information content (AvgIpc) is 3.13. The Morgan fingerprint density at radius 3 is 2.29 bits per heavy atom. The van der Waals surface area contributed by atoms with Crippen molar-refractivity contribution in [3.05, 3.63) is 65.2 Å². The number of rotatable bonds is 7. The molecule has 0 N–H and O–H groups in total. The van der Waals surface area contributed by atoms with E-state index < -0.39 is 0 Å². The van der Waals surface area contributed by atoms with Crippen molar-refractivity contribution in [1.29, 1.82) is 0 Å². The number of thiazole rings is 1. The number of benzene rings is 2. The highest BCUT2D eigenvalue weighted by Gasteiger charge is 2.11. The van der Waals surface area contributed by atoms with Crippen LogP contribution in [0.1, 0.15) is 11.3 Å². The van der Waals surface area contributed by atoms with Gasteiger partial charge in [0.2, 0.25) is 0 Å². The molecule has 3 rings (SSSR count). The van der Waals surface area contributed by atoms with Crippen LogP contribution in [0, 0.1) is 6.92 Å². The van der Waals surface area contributed by atoms with E-state index in [0.29, 0.717) is 12.3 Å².